The Morgan fingerprint density at radius 3 is 2.60 bits per heavy atom. The predicted octanol–water partition coefficient (Wildman–Crippen LogP) is 2.50. The number of primary amides is 1. The van der Waals surface area contributed by atoms with Crippen LogP contribution in [0.4, 0.5) is 5.69 Å². The number of anilines is 1. The van der Waals surface area contributed by atoms with Gasteiger partial charge in [-0.25, -0.2) is 4.98 Å². The van der Waals surface area contributed by atoms with Gasteiger partial charge in [0, 0.05) is 21.9 Å². The van der Waals surface area contributed by atoms with Crippen LogP contribution in [-0.2, 0) is 0 Å². The first-order valence-electron chi connectivity index (χ1n) is 5.81. The number of nitrogens with two attached hydrogens (primary N) is 1. The Bertz CT molecular complexity index is 669. The van der Waals surface area contributed by atoms with Crippen molar-refractivity contribution in [1.29, 1.82) is 0 Å². The molecule has 2 rings (SSSR count). The molecule has 20 heavy (non-hydrogen) atoms. The summed E-state index contributed by atoms with van der Waals surface area (Å²) in [5, 5.41) is 2.72. The van der Waals surface area contributed by atoms with Crippen LogP contribution >= 0.6 is 15.9 Å². The SMILES string of the molecule is Cc1c(NC(=O)c2ccc(Br)cn2)cccc1C(N)=O. The lowest BCUT2D eigenvalue weighted by Crippen LogP contribution is -2.17. The van der Waals surface area contributed by atoms with Gasteiger partial charge in [-0.3, -0.25) is 9.59 Å². The molecular formula is C14H12BrN3O2. The van der Waals surface area contributed by atoms with E-state index in [-0.39, 0.29) is 11.6 Å². The van der Waals surface area contributed by atoms with Crippen molar-refractivity contribution in [3.05, 3.63) is 57.8 Å². The molecule has 0 radical (unpaired) electrons. The maximum absolute atomic E-state index is 12.1. The summed E-state index contributed by atoms with van der Waals surface area (Å²) in [7, 11) is 0. The Morgan fingerprint density at radius 2 is 2.00 bits per heavy atom. The van der Waals surface area contributed by atoms with Crippen molar-refractivity contribution >= 4 is 33.4 Å². The molecule has 2 amide bonds. The van der Waals surface area contributed by atoms with Gasteiger partial charge in [-0.2, -0.15) is 0 Å². The summed E-state index contributed by atoms with van der Waals surface area (Å²) in [6, 6.07) is 8.32. The molecule has 1 heterocycles. The molecule has 102 valence electrons. The van der Waals surface area contributed by atoms with E-state index in [1.165, 1.54) is 0 Å². The zero-order valence-corrected chi connectivity index (χ0v) is 12.3. The smallest absolute Gasteiger partial charge is 0.274 e. The second-order valence-corrected chi connectivity index (χ2v) is 5.07. The molecule has 0 fully saturated rings. The van der Waals surface area contributed by atoms with E-state index >= 15 is 0 Å². The largest absolute Gasteiger partial charge is 0.366 e. The van der Waals surface area contributed by atoms with E-state index in [4.69, 9.17) is 5.73 Å². The van der Waals surface area contributed by atoms with Crippen LogP contribution in [0.25, 0.3) is 0 Å². The zero-order chi connectivity index (χ0) is 14.7. The maximum atomic E-state index is 12.1. The van der Waals surface area contributed by atoms with Crippen LogP contribution in [0.15, 0.2) is 41.0 Å². The first kappa shape index (κ1) is 14.2. The van der Waals surface area contributed by atoms with E-state index < -0.39 is 5.91 Å². The van der Waals surface area contributed by atoms with Crippen molar-refractivity contribution in [2.45, 2.75) is 6.92 Å². The first-order chi connectivity index (χ1) is 9.49. The van der Waals surface area contributed by atoms with E-state index in [1.807, 2.05) is 0 Å². The van der Waals surface area contributed by atoms with Crippen LogP contribution < -0.4 is 11.1 Å². The third-order valence-corrected chi connectivity index (χ3v) is 3.28. The predicted molar refractivity (Wildman–Crippen MR) is 79.6 cm³/mol. The van der Waals surface area contributed by atoms with Crippen LogP contribution in [0.2, 0.25) is 0 Å². The number of carbonyl (C=O) groups is 2. The van der Waals surface area contributed by atoms with Crippen molar-refractivity contribution in [2.24, 2.45) is 5.73 Å². The lowest BCUT2D eigenvalue weighted by atomic mass is 10.1. The Morgan fingerprint density at radius 1 is 1.25 bits per heavy atom. The Kier molecular flexibility index (Phi) is 4.14. The number of nitrogens with one attached hydrogen (secondary N) is 1. The maximum Gasteiger partial charge on any atom is 0.274 e. The highest BCUT2D eigenvalue weighted by Crippen LogP contribution is 2.19. The molecule has 0 saturated heterocycles. The van der Waals surface area contributed by atoms with E-state index in [1.54, 1.807) is 43.5 Å². The van der Waals surface area contributed by atoms with E-state index in [0.29, 0.717) is 16.8 Å². The lowest BCUT2D eigenvalue weighted by Gasteiger charge is -2.10. The monoisotopic (exact) mass is 333 g/mol. The lowest BCUT2D eigenvalue weighted by molar-refractivity contribution is 0.0995. The van der Waals surface area contributed by atoms with E-state index in [0.717, 1.165) is 4.47 Å². The molecule has 0 bridgehead atoms. The fourth-order valence-electron chi connectivity index (χ4n) is 1.73. The number of carbonyl (C=O) groups excluding carboxylic acids is 2. The van der Waals surface area contributed by atoms with Crippen LogP contribution in [0.3, 0.4) is 0 Å². The van der Waals surface area contributed by atoms with Crippen molar-refractivity contribution in [3.8, 4) is 0 Å². The fourth-order valence-corrected chi connectivity index (χ4v) is 1.97. The van der Waals surface area contributed by atoms with Gasteiger partial charge in [0.1, 0.15) is 5.69 Å². The number of rotatable bonds is 3. The summed E-state index contributed by atoms with van der Waals surface area (Å²) in [4.78, 5) is 27.3. The van der Waals surface area contributed by atoms with Crippen LogP contribution in [0.5, 0.6) is 0 Å². The number of pyridine rings is 1. The van der Waals surface area contributed by atoms with Crippen molar-refractivity contribution in [2.75, 3.05) is 5.32 Å². The van der Waals surface area contributed by atoms with Crippen LogP contribution in [-0.4, -0.2) is 16.8 Å². The molecule has 5 nitrogen and oxygen atoms in total. The molecule has 1 aromatic heterocycles. The molecule has 0 atom stereocenters. The molecule has 0 aliphatic heterocycles. The van der Waals surface area contributed by atoms with Gasteiger partial charge >= 0.3 is 0 Å². The van der Waals surface area contributed by atoms with Crippen LogP contribution in [0.1, 0.15) is 26.4 Å². The normalized spacial score (nSPS) is 10.1. The summed E-state index contributed by atoms with van der Waals surface area (Å²) in [6.45, 7) is 1.73. The molecule has 0 unspecified atom stereocenters. The molecule has 3 N–H and O–H groups in total. The number of amides is 2. The summed E-state index contributed by atoms with van der Waals surface area (Å²) in [5.41, 5.74) is 7.11. The van der Waals surface area contributed by atoms with Crippen molar-refractivity contribution < 1.29 is 9.59 Å². The Balaban J connectivity index is 2.26. The third kappa shape index (κ3) is 3.03. The topological polar surface area (TPSA) is 85.1 Å². The van der Waals surface area contributed by atoms with Crippen molar-refractivity contribution in [1.82, 2.24) is 4.98 Å². The van der Waals surface area contributed by atoms with E-state index in [2.05, 4.69) is 26.2 Å². The number of hydrogen-bond acceptors (Lipinski definition) is 3. The fraction of sp³-hybridized carbons (Fsp3) is 0.0714. The average Bonchev–Trinajstić information content (AvgIpc) is 2.41. The van der Waals surface area contributed by atoms with Gasteiger partial charge in [0.05, 0.1) is 0 Å². The first-order valence-corrected chi connectivity index (χ1v) is 6.60. The summed E-state index contributed by atoms with van der Waals surface area (Å²) in [5.74, 6) is -0.873. The molecule has 0 aliphatic rings. The number of hydrogen-bond donors (Lipinski definition) is 2. The highest BCUT2D eigenvalue weighted by atomic mass is 79.9. The number of aromatic nitrogens is 1. The number of nitrogens with zero attached hydrogens (tertiary/aromatic N) is 1. The van der Waals surface area contributed by atoms with Gasteiger partial charge < -0.3 is 11.1 Å². The Labute approximate surface area is 124 Å². The van der Waals surface area contributed by atoms with Gasteiger partial charge in [0.15, 0.2) is 0 Å². The van der Waals surface area contributed by atoms with Gasteiger partial charge in [-0.15, -0.1) is 0 Å². The quantitative estimate of drug-likeness (QED) is 0.904. The standard InChI is InChI=1S/C14H12BrN3O2/c1-8-10(13(16)19)3-2-4-11(8)18-14(20)12-6-5-9(15)7-17-12/h2-7H,1H3,(H2,16,19)(H,18,20). The molecular weight excluding hydrogens is 322 g/mol. The van der Waals surface area contributed by atoms with Gasteiger partial charge in [0.25, 0.3) is 5.91 Å². The minimum absolute atomic E-state index is 0.289. The minimum atomic E-state index is -0.527. The van der Waals surface area contributed by atoms with Gasteiger partial charge in [-0.1, -0.05) is 6.07 Å². The van der Waals surface area contributed by atoms with E-state index in [9.17, 15) is 9.59 Å². The molecule has 0 aliphatic carbocycles. The van der Waals surface area contributed by atoms with Gasteiger partial charge in [0.2, 0.25) is 5.91 Å². The molecule has 6 heteroatoms. The van der Waals surface area contributed by atoms with Gasteiger partial charge in [-0.05, 0) is 52.7 Å². The van der Waals surface area contributed by atoms with Crippen LogP contribution in [0, 0.1) is 6.92 Å². The highest BCUT2D eigenvalue weighted by molar-refractivity contribution is 9.10. The summed E-state index contributed by atoms with van der Waals surface area (Å²) < 4.78 is 0.793. The molecule has 0 spiro atoms. The number of benzene rings is 1. The summed E-state index contributed by atoms with van der Waals surface area (Å²) >= 11 is 3.25. The molecule has 0 saturated carbocycles. The second kappa shape index (κ2) is 5.83. The summed E-state index contributed by atoms with van der Waals surface area (Å²) in [6.07, 6.45) is 1.54. The van der Waals surface area contributed by atoms with Crippen molar-refractivity contribution in [3.63, 3.8) is 0 Å². The zero-order valence-electron chi connectivity index (χ0n) is 10.7. The molecule has 1 aromatic carbocycles. The average molecular weight is 334 g/mol. The minimum Gasteiger partial charge on any atom is -0.366 e. The molecule has 2 aromatic rings. The third-order valence-electron chi connectivity index (χ3n) is 2.81. The second-order valence-electron chi connectivity index (χ2n) is 4.16. The highest BCUT2D eigenvalue weighted by Gasteiger charge is 2.12. The number of halogens is 1. The Hall–Kier alpha value is -2.21.